The van der Waals surface area contributed by atoms with Gasteiger partial charge in [0.05, 0.1) is 36.1 Å². The number of fused-ring (bicyclic) bond motifs is 1. The highest BCUT2D eigenvalue weighted by atomic mass is 16.3. The fourth-order valence-electron chi connectivity index (χ4n) is 3.04. The maximum absolute atomic E-state index is 12.8. The van der Waals surface area contributed by atoms with Crippen molar-refractivity contribution in [3.8, 4) is 11.3 Å². The van der Waals surface area contributed by atoms with Gasteiger partial charge in [-0.05, 0) is 24.3 Å². The summed E-state index contributed by atoms with van der Waals surface area (Å²) in [5.41, 5.74) is 2.83. The van der Waals surface area contributed by atoms with Crippen molar-refractivity contribution in [2.45, 2.75) is 6.54 Å². The van der Waals surface area contributed by atoms with Gasteiger partial charge in [-0.2, -0.15) is 0 Å². The molecule has 6 nitrogen and oxygen atoms in total. The molecule has 0 spiro atoms. The van der Waals surface area contributed by atoms with E-state index in [1.165, 1.54) is 0 Å². The van der Waals surface area contributed by atoms with Crippen molar-refractivity contribution in [2.24, 2.45) is 0 Å². The van der Waals surface area contributed by atoms with E-state index in [4.69, 9.17) is 4.42 Å². The van der Waals surface area contributed by atoms with Crippen LogP contribution in [0.5, 0.6) is 0 Å². The molecule has 0 radical (unpaired) electrons. The van der Waals surface area contributed by atoms with Crippen LogP contribution in [0, 0.1) is 0 Å². The van der Waals surface area contributed by atoms with E-state index >= 15 is 0 Å². The molecule has 0 fully saturated rings. The minimum absolute atomic E-state index is 0.128. The van der Waals surface area contributed by atoms with Crippen LogP contribution in [-0.2, 0) is 11.3 Å². The second-order valence-corrected chi connectivity index (χ2v) is 6.48. The zero-order chi connectivity index (χ0) is 20.1. The Morgan fingerprint density at radius 1 is 0.897 bits per heavy atom. The number of carbonyl (C=O) groups is 2. The minimum Gasteiger partial charge on any atom is -0.467 e. The fourth-order valence-corrected chi connectivity index (χ4v) is 3.04. The minimum atomic E-state index is -0.325. The lowest BCUT2D eigenvalue weighted by Crippen LogP contribution is -2.36. The normalized spacial score (nSPS) is 10.6. The van der Waals surface area contributed by atoms with E-state index in [0.29, 0.717) is 17.0 Å². The molecular formula is C23H19N3O3. The molecule has 2 aromatic heterocycles. The van der Waals surface area contributed by atoms with Gasteiger partial charge in [-0.25, -0.2) is 4.98 Å². The maximum atomic E-state index is 12.8. The summed E-state index contributed by atoms with van der Waals surface area (Å²) < 4.78 is 5.17. The molecule has 0 saturated heterocycles. The van der Waals surface area contributed by atoms with E-state index in [2.05, 4.69) is 15.6 Å². The van der Waals surface area contributed by atoms with Crippen LogP contribution in [0.3, 0.4) is 0 Å². The number of para-hydroxylation sites is 1. The van der Waals surface area contributed by atoms with Gasteiger partial charge >= 0.3 is 0 Å². The highest BCUT2D eigenvalue weighted by Gasteiger charge is 2.15. The number of hydrogen-bond acceptors (Lipinski definition) is 4. The second-order valence-electron chi connectivity index (χ2n) is 6.48. The van der Waals surface area contributed by atoms with Gasteiger partial charge in [0, 0.05) is 10.9 Å². The molecule has 29 heavy (non-hydrogen) atoms. The lowest BCUT2D eigenvalue weighted by atomic mass is 10.0. The predicted molar refractivity (Wildman–Crippen MR) is 110 cm³/mol. The second kappa shape index (κ2) is 8.39. The molecule has 2 aromatic carbocycles. The first-order valence-corrected chi connectivity index (χ1v) is 9.23. The van der Waals surface area contributed by atoms with Crippen molar-refractivity contribution in [1.82, 2.24) is 15.6 Å². The van der Waals surface area contributed by atoms with Crippen molar-refractivity contribution >= 4 is 22.7 Å². The highest BCUT2D eigenvalue weighted by molar-refractivity contribution is 6.08. The molecule has 2 heterocycles. The molecule has 4 aromatic rings. The molecule has 4 rings (SSSR count). The zero-order valence-electron chi connectivity index (χ0n) is 15.6. The van der Waals surface area contributed by atoms with Crippen LogP contribution in [0.2, 0.25) is 0 Å². The molecule has 0 saturated carbocycles. The van der Waals surface area contributed by atoms with Gasteiger partial charge in [-0.15, -0.1) is 0 Å². The van der Waals surface area contributed by atoms with E-state index in [-0.39, 0.29) is 24.9 Å². The summed E-state index contributed by atoms with van der Waals surface area (Å²) >= 11 is 0. The molecule has 0 unspecified atom stereocenters. The first-order valence-electron chi connectivity index (χ1n) is 9.23. The third-order valence-electron chi connectivity index (χ3n) is 4.48. The molecule has 0 aliphatic heterocycles. The van der Waals surface area contributed by atoms with Crippen molar-refractivity contribution in [3.05, 3.63) is 90.4 Å². The number of benzene rings is 2. The summed E-state index contributed by atoms with van der Waals surface area (Å²) in [6, 6.07) is 22.4. The fraction of sp³-hybridized carbons (Fsp3) is 0.0870. The van der Waals surface area contributed by atoms with Gasteiger partial charge in [-0.3, -0.25) is 9.59 Å². The van der Waals surface area contributed by atoms with Gasteiger partial charge in [0.2, 0.25) is 5.91 Å². The standard InChI is InChI=1S/C23H19N3O3/c27-22(24-14-17-9-6-12-29-17)15-25-23(28)19-13-21(16-7-2-1-3-8-16)26-20-11-5-4-10-18(19)20/h1-13H,14-15H2,(H,24,27)(H,25,28). The Kier molecular flexibility index (Phi) is 5.33. The van der Waals surface area contributed by atoms with Gasteiger partial charge < -0.3 is 15.1 Å². The summed E-state index contributed by atoms with van der Waals surface area (Å²) in [5, 5.41) is 6.13. The van der Waals surface area contributed by atoms with Crippen molar-refractivity contribution in [1.29, 1.82) is 0 Å². The molecule has 0 bridgehead atoms. The number of pyridine rings is 1. The van der Waals surface area contributed by atoms with Crippen LogP contribution < -0.4 is 10.6 Å². The Hall–Kier alpha value is -3.93. The smallest absolute Gasteiger partial charge is 0.252 e. The maximum Gasteiger partial charge on any atom is 0.252 e. The van der Waals surface area contributed by atoms with Crippen LogP contribution in [0.15, 0.2) is 83.5 Å². The lowest BCUT2D eigenvalue weighted by Gasteiger charge is -2.11. The van der Waals surface area contributed by atoms with Gasteiger partial charge in [0.1, 0.15) is 5.76 Å². The van der Waals surface area contributed by atoms with E-state index in [9.17, 15) is 9.59 Å². The van der Waals surface area contributed by atoms with E-state index < -0.39 is 0 Å². The average molecular weight is 385 g/mol. The molecule has 0 aliphatic carbocycles. The lowest BCUT2D eigenvalue weighted by molar-refractivity contribution is -0.120. The molecule has 2 amide bonds. The Morgan fingerprint density at radius 2 is 1.69 bits per heavy atom. The molecule has 0 aliphatic rings. The Balaban J connectivity index is 1.52. The third-order valence-corrected chi connectivity index (χ3v) is 4.48. The summed E-state index contributed by atoms with van der Waals surface area (Å²) in [7, 11) is 0. The number of amides is 2. The number of rotatable bonds is 6. The predicted octanol–water partition coefficient (Wildman–Crippen LogP) is 3.54. The quantitative estimate of drug-likeness (QED) is 0.532. The average Bonchev–Trinajstić information content (AvgIpc) is 3.29. The number of carbonyl (C=O) groups excluding carboxylic acids is 2. The van der Waals surface area contributed by atoms with E-state index in [1.807, 2.05) is 54.6 Å². The molecular weight excluding hydrogens is 366 g/mol. The van der Waals surface area contributed by atoms with Crippen molar-refractivity contribution in [3.63, 3.8) is 0 Å². The van der Waals surface area contributed by atoms with Gasteiger partial charge in [0.15, 0.2) is 0 Å². The van der Waals surface area contributed by atoms with E-state index in [1.54, 1.807) is 24.5 Å². The van der Waals surface area contributed by atoms with Crippen LogP contribution in [0.25, 0.3) is 22.2 Å². The summed E-state index contributed by atoms with van der Waals surface area (Å²) in [6.45, 7) is 0.148. The molecule has 0 atom stereocenters. The molecule has 6 heteroatoms. The van der Waals surface area contributed by atoms with E-state index in [0.717, 1.165) is 16.5 Å². The third kappa shape index (κ3) is 4.32. The van der Waals surface area contributed by atoms with Crippen molar-refractivity contribution in [2.75, 3.05) is 6.54 Å². The number of furan rings is 1. The summed E-state index contributed by atoms with van der Waals surface area (Å²) in [5.74, 6) is 0.0302. The van der Waals surface area contributed by atoms with Gasteiger partial charge in [-0.1, -0.05) is 48.5 Å². The SMILES string of the molecule is O=C(CNC(=O)c1cc(-c2ccccc2)nc2ccccc12)NCc1ccco1. The Labute approximate surface area is 167 Å². The van der Waals surface area contributed by atoms with Crippen LogP contribution in [0.4, 0.5) is 0 Å². The first kappa shape index (κ1) is 18.4. The monoisotopic (exact) mass is 385 g/mol. The Bertz CT molecular complexity index is 1140. The van der Waals surface area contributed by atoms with Crippen LogP contribution in [0.1, 0.15) is 16.1 Å². The molecule has 144 valence electrons. The number of nitrogens with one attached hydrogen (secondary N) is 2. The van der Waals surface area contributed by atoms with Crippen molar-refractivity contribution < 1.29 is 14.0 Å². The first-order chi connectivity index (χ1) is 14.2. The van der Waals surface area contributed by atoms with Crippen LogP contribution in [-0.4, -0.2) is 23.3 Å². The summed E-state index contributed by atoms with van der Waals surface area (Å²) in [6.07, 6.45) is 1.54. The van der Waals surface area contributed by atoms with Crippen LogP contribution >= 0.6 is 0 Å². The highest BCUT2D eigenvalue weighted by Crippen LogP contribution is 2.24. The largest absolute Gasteiger partial charge is 0.467 e. The zero-order valence-corrected chi connectivity index (χ0v) is 15.6. The number of hydrogen-bond donors (Lipinski definition) is 2. The Morgan fingerprint density at radius 3 is 2.48 bits per heavy atom. The number of aromatic nitrogens is 1. The van der Waals surface area contributed by atoms with Gasteiger partial charge in [0.25, 0.3) is 5.91 Å². The number of nitrogens with zero attached hydrogens (tertiary/aromatic N) is 1. The summed E-state index contributed by atoms with van der Waals surface area (Å²) in [4.78, 5) is 29.6. The topological polar surface area (TPSA) is 84.2 Å². The molecule has 2 N–H and O–H groups in total.